The first-order valence-corrected chi connectivity index (χ1v) is 7.31. The fraction of sp³-hybridized carbons (Fsp3) is 0.333. The molecule has 0 atom stereocenters. The van der Waals surface area contributed by atoms with Crippen LogP contribution < -0.4 is 38.5 Å². The van der Waals surface area contributed by atoms with Crippen LogP contribution in [0.15, 0.2) is 0 Å². The Bertz CT molecular complexity index is 682. The number of aromatic nitrogens is 2. The second-order valence-corrected chi connectivity index (χ2v) is 5.47. The molecule has 0 unspecified atom stereocenters. The van der Waals surface area contributed by atoms with Gasteiger partial charge in [-0.25, -0.2) is 41.3 Å². The van der Waals surface area contributed by atoms with Crippen LogP contribution in [0.1, 0.15) is 24.3 Å². The van der Waals surface area contributed by atoms with Crippen molar-refractivity contribution in [2.75, 3.05) is 16.6 Å². The largest absolute Gasteiger partial charge is 0.350 e. The van der Waals surface area contributed by atoms with Crippen LogP contribution in [0.3, 0.4) is 0 Å². The quantitative estimate of drug-likeness (QED) is 0.245. The number of carbonyl (C=O) groups is 3. The number of nitrogens with one attached hydrogen (secondary N) is 1. The molecule has 0 spiro atoms. The molecular weight excluding hydrogens is 354 g/mol. The average Bonchev–Trinajstić information content (AvgIpc) is 2.52. The molecule has 0 aliphatic carbocycles. The summed E-state index contributed by atoms with van der Waals surface area (Å²) in [6, 6.07) is -2.23. The first-order valence-electron chi connectivity index (χ1n) is 6.93. The molecule has 0 saturated heterocycles. The maximum atomic E-state index is 12.3. The molecular formula is C12H19ClN9O3. The van der Waals surface area contributed by atoms with Gasteiger partial charge in [0.1, 0.15) is 0 Å². The third kappa shape index (κ3) is 5.14. The molecule has 25 heavy (non-hydrogen) atoms. The van der Waals surface area contributed by atoms with Crippen LogP contribution >= 0.6 is 11.6 Å². The molecule has 0 aliphatic heterocycles. The molecule has 1 rings (SSSR count). The van der Waals surface area contributed by atoms with Gasteiger partial charge in [-0.3, -0.25) is 4.79 Å². The SMILES string of the molecule is CC(C)[CH]CNC(=O)c1nc(Cl)c(N(N)C(N)=O)nc1N(N)C(N)=O. The van der Waals surface area contributed by atoms with Gasteiger partial charge >= 0.3 is 12.1 Å². The maximum absolute atomic E-state index is 12.3. The number of anilines is 2. The Hall–Kier alpha value is -2.70. The number of nitrogens with two attached hydrogens (primary N) is 4. The van der Waals surface area contributed by atoms with Crippen molar-refractivity contribution >= 4 is 41.2 Å². The summed E-state index contributed by atoms with van der Waals surface area (Å²) < 4.78 is 0. The lowest BCUT2D eigenvalue weighted by Crippen LogP contribution is -2.46. The van der Waals surface area contributed by atoms with E-state index in [1.165, 1.54) is 0 Å². The van der Waals surface area contributed by atoms with Crippen molar-refractivity contribution in [2.45, 2.75) is 13.8 Å². The predicted molar refractivity (Wildman–Crippen MR) is 91.0 cm³/mol. The van der Waals surface area contributed by atoms with E-state index in [9.17, 15) is 14.4 Å². The van der Waals surface area contributed by atoms with E-state index in [4.69, 9.17) is 34.8 Å². The Kier molecular flexibility index (Phi) is 6.85. The molecule has 12 nitrogen and oxygen atoms in total. The van der Waals surface area contributed by atoms with Crippen molar-refractivity contribution < 1.29 is 14.4 Å². The van der Waals surface area contributed by atoms with Crippen molar-refractivity contribution in [3.05, 3.63) is 17.3 Å². The zero-order valence-electron chi connectivity index (χ0n) is 13.6. The zero-order chi connectivity index (χ0) is 19.3. The van der Waals surface area contributed by atoms with Gasteiger partial charge in [0.15, 0.2) is 22.5 Å². The lowest BCUT2D eigenvalue weighted by molar-refractivity contribution is 0.0951. The van der Waals surface area contributed by atoms with E-state index in [1.54, 1.807) is 0 Å². The van der Waals surface area contributed by atoms with Crippen LogP contribution in [0, 0.1) is 12.3 Å². The molecule has 137 valence electrons. The maximum Gasteiger partial charge on any atom is 0.335 e. The molecule has 9 N–H and O–H groups in total. The van der Waals surface area contributed by atoms with Gasteiger partial charge in [-0.15, -0.1) is 0 Å². The average molecular weight is 373 g/mol. The van der Waals surface area contributed by atoms with Crippen molar-refractivity contribution in [1.29, 1.82) is 0 Å². The van der Waals surface area contributed by atoms with E-state index in [0.29, 0.717) is 10.0 Å². The van der Waals surface area contributed by atoms with E-state index >= 15 is 0 Å². The van der Waals surface area contributed by atoms with Crippen LogP contribution in [0.2, 0.25) is 5.15 Å². The van der Waals surface area contributed by atoms with E-state index < -0.39 is 34.8 Å². The minimum Gasteiger partial charge on any atom is -0.350 e. The van der Waals surface area contributed by atoms with Gasteiger partial charge in [0, 0.05) is 6.54 Å². The van der Waals surface area contributed by atoms with Gasteiger partial charge < -0.3 is 16.8 Å². The van der Waals surface area contributed by atoms with Gasteiger partial charge in [0.25, 0.3) is 5.91 Å². The first-order chi connectivity index (χ1) is 11.6. The summed E-state index contributed by atoms with van der Waals surface area (Å²) in [4.78, 5) is 42.4. The normalized spacial score (nSPS) is 10.5. The minimum absolute atomic E-state index is 0.225. The van der Waals surface area contributed by atoms with Crippen LogP contribution in [-0.2, 0) is 0 Å². The number of rotatable bonds is 6. The molecule has 0 fully saturated rings. The molecule has 13 heteroatoms. The number of primary amides is 2. The van der Waals surface area contributed by atoms with Crippen LogP contribution in [0.25, 0.3) is 0 Å². The third-order valence-electron chi connectivity index (χ3n) is 2.82. The van der Waals surface area contributed by atoms with E-state index in [-0.39, 0.29) is 18.2 Å². The number of nitrogens with zero attached hydrogens (tertiary/aromatic N) is 4. The summed E-state index contributed by atoms with van der Waals surface area (Å²) in [6.07, 6.45) is 1.82. The topological polar surface area (TPSA) is 200 Å². The monoisotopic (exact) mass is 372 g/mol. The highest BCUT2D eigenvalue weighted by molar-refractivity contribution is 6.32. The van der Waals surface area contributed by atoms with E-state index in [2.05, 4.69) is 15.3 Å². The third-order valence-corrected chi connectivity index (χ3v) is 3.07. The van der Waals surface area contributed by atoms with Crippen molar-refractivity contribution in [1.82, 2.24) is 15.3 Å². The summed E-state index contributed by atoms with van der Waals surface area (Å²) in [5.41, 5.74) is 9.73. The molecule has 0 saturated carbocycles. The number of urea groups is 2. The number of carbonyl (C=O) groups excluding carboxylic acids is 3. The number of hydrogen-bond acceptors (Lipinski definition) is 7. The lowest BCUT2D eigenvalue weighted by Gasteiger charge is -2.20. The standard InChI is InChI=1S/C12H19ClN9O3/c1-5(2)3-4-18-10(23)6-8(21(16)11(14)24)20-9(7(13)19-6)22(17)12(15)25/h3,5H,4,16-17H2,1-2H3,(H2,14,24)(H2,15,25)(H,18,23). The van der Waals surface area contributed by atoms with Gasteiger partial charge in [-0.05, 0) is 12.3 Å². The second-order valence-electron chi connectivity index (χ2n) is 5.12. The van der Waals surface area contributed by atoms with Gasteiger partial charge in [-0.1, -0.05) is 25.4 Å². The van der Waals surface area contributed by atoms with Crippen LogP contribution in [0.4, 0.5) is 21.2 Å². The van der Waals surface area contributed by atoms with Crippen molar-refractivity contribution in [3.63, 3.8) is 0 Å². The number of hydrazine groups is 2. The highest BCUT2D eigenvalue weighted by Crippen LogP contribution is 2.25. The highest BCUT2D eigenvalue weighted by Gasteiger charge is 2.26. The minimum atomic E-state index is -1.13. The fourth-order valence-corrected chi connectivity index (χ4v) is 1.77. The van der Waals surface area contributed by atoms with E-state index in [1.807, 2.05) is 20.3 Å². The smallest absolute Gasteiger partial charge is 0.335 e. The second kappa shape index (κ2) is 8.41. The number of halogens is 1. The van der Waals surface area contributed by atoms with Crippen molar-refractivity contribution in [3.8, 4) is 0 Å². The summed E-state index contributed by atoms with van der Waals surface area (Å²) in [7, 11) is 0. The Labute approximate surface area is 148 Å². The molecule has 1 heterocycles. The molecule has 0 aliphatic rings. The van der Waals surface area contributed by atoms with Crippen LogP contribution in [-0.4, -0.2) is 34.5 Å². The van der Waals surface area contributed by atoms with E-state index in [0.717, 1.165) is 0 Å². The zero-order valence-corrected chi connectivity index (χ0v) is 14.3. The number of hydrogen-bond donors (Lipinski definition) is 5. The number of amides is 5. The summed E-state index contributed by atoms with van der Waals surface area (Å²) >= 11 is 5.89. The molecule has 5 amide bonds. The van der Waals surface area contributed by atoms with Crippen molar-refractivity contribution in [2.24, 2.45) is 29.1 Å². The summed E-state index contributed by atoms with van der Waals surface area (Å²) in [5.74, 6) is 9.56. The van der Waals surface area contributed by atoms with Gasteiger partial charge in [0.05, 0.1) is 0 Å². The predicted octanol–water partition coefficient (Wildman–Crippen LogP) is -0.762. The molecule has 1 radical (unpaired) electrons. The Morgan fingerprint density at radius 1 is 1.12 bits per heavy atom. The molecule has 0 bridgehead atoms. The molecule has 1 aromatic rings. The van der Waals surface area contributed by atoms with Gasteiger partial charge in [0.2, 0.25) is 0 Å². The highest BCUT2D eigenvalue weighted by atomic mass is 35.5. The Balaban J connectivity index is 3.31. The lowest BCUT2D eigenvalue weighted by atomic mass is 10.1. The Morgan fingerprint density at radius 3 is 2.12 bits per heavy atom. The van der Waals surface area contributed by atoms with Crippen LogP contribution in [0.5, 0.6) is 0 Å². The summed E-state index contributed by atoms with van der Waals surface area (Å²) in [5, 5.41) is 2.88. The molecule has 1 aromatic heterocycles. The fourth-order valence-electron chi connectivity index (χ4n) is 1.55. The summed E-state index contributed by atoms with van der Waals surface area (Å²) in [6.45, 7) is 4.08. The Morgan fingerprint density at radius 2 is 1.64 bits per heavy atom. The molecule has 0 aromatic carbocycles. The first kappa shape index (κ1) is 20.3. The van der Waals surface area contributed by atoms with Gasteiger partial charge in [-0.2, -0.15) is 0 Å².